The molecule has 2 rings (SSSR count). The Morgan fingerprint density at radius 2 is 1.67 bits per heavy atom. The van der Waals surface area contributed by atoms with Crippen LogP contribution in [0.1, 0.15) is 36.2 Å². The molecule has 0 heterocycles. The van der Waals surface area contributed by atoms with Gasteiger partial charge in [-0.05, 0) is 54.3 Å². The number of nitrogens with zero attached hydrogens (tertiary/aromatic N) is 1. The lowest BCUT2D eigenvalue weighted by Crippen LogP contribution is -2.32. The lowest BCUT2D eigenvalue weighted by atomic mass is 10.1. The Morgan fingerprint density at radius 1 is 1.07 bits per heavy atom. The Bertz CT molecular complexity index is 862. The highest BCUT2D eigenvalue weighted by Crippen LogP contribution is 2.18. The minimum absolute atomic E-state index is 0.0281. The van der Waals surface area contributed by atoms with E-state index in [1.165, 1.54) is 0 Å². The van der Waals surface area contributed by atoms with Crippen LogP contribution in [0.2, 0.25) is 0 Å². The normalized spacial score (nSPS) is 11.4. The predicted octanol–water partition coefficient (Wildman–Crippen LogP) is 4.48. The van der Waals surface area contributed by atoms with E-state index < -0.39 is 10.1 Å². The van der Waals surface area contributed by atoms with Gasteiger partial charge in [-0.15, -0.1) is 0 Å². The van der Waals surface area contributed by atoms with Crippen LogP contribution in [-0.4, -0.2) is 32.0 Å². The van der Waals surface area contributed by atoms with Crippen LogP contribution < -0.4 is 4.18 Å². The molecule has 2 aromatic carbocycles. The third-order valence-corrected chi connectivity index (χ3v) is 4.92. The van der Waals surface area contributed by atoms with Gasteiger partial charge in [0.25, 0.3) is 5.91 Å². The fourth-order valence-corrected chi connectivity index (χ4v) is 3.21. The summed E-state index contributed by atoms with van der Waals surface area (Å²) in [5, 5.41) is 0. The van der Waals surface area contributed by atoms with E-state index in [1.54, 1.807) is 36.4 Å². The fraction of sp³-hybridized carbons (Fsp3) is 0.350. The summed E-state index contributed by atoms with van der Waals surface area (Å²) >= 11 is 3.38. The van der Waals surface area contributed by atoms with Gasteiger partial charge in [0.2, 0.25) is 0 Å². The molecule has 0 bridgehead atoms. The minimum Gasteiger partial charge on any atom is -0.383 e. The molecule has 2 aromatic rings. The topological polar surface area (TPSA) is 63.7 Å². The van der Waals surface area contributed by atoms with Crippen molar-refractivity contribution in [1.29, 1.82) is 0 Å². The molecular formula is C20H24BrNO4S. The van der Waals surface area contributed by atoms with Gasteiger partial charge < -0.3 is 9.08 Å². The molecule has 0 saturated heterocycles. The van der Waals surface area contributed by atoms with Gasteiger partial charge in [-0.25, -0.2) is 0 Å². The van der Waals surface area contributed by atoms with Gasteiger partial charge in [0.15, 0.2) is 0 Å². The van der Waals surface area contributed by atoms with E-state index in [0.717, 1.165) is 22.7 Å². The zero-order valence-electron chi connectivity index (χ0n) is 15.7. The molecule has 0 N–H and O–H groups in total. The van der Waals surface area contributed by atoms with Gasteiger partial charge in [0.05, 0.1) is 6.26 Å². The summed E-state index contributed by atoms with van der Waals surface area (Å²) in [7, 11) is -3.55. The number of hydrogen-bond donors (Lipinski definition) is 0. The van der Waals surface area contributed by atoms with Crippen LogP contribution in [-0.2, 0) is 16.7 Å². The summed E-state index contributed by atoms with van der Waals surface area (Å²) in [6.45, 7) is 5.34. The maximum absolute atomic E-state index is 12.9. The number of rotatable bonds is 8. The van der Waals surface area contributed by atoms with E-state index in [4.69, 9.17) is 4.18 Å². The smallest absolute Gasteiger partial charge is 0.306 e. The molecule has 0 atom stereocenters. The molecule has 0 radical (unpaired) electrons. The molecule has 0 aliphatic heterocycles. The van der Waals surface area contributed by atoms with Crippen molar-refractivity contribution in [2.24, 2.45) is 5.92 Å². The number of amides is 1. The molecule has 1 amide bonds. The van der Waals surface area contributed by atoms with Crippen LogP contribution in [0.25, 0.3) is 0 Å². The standard InChI is InChI=1S/C20H24BrNO4S/c1-15(2)12-13-22(20(23)17-6-8-18(21)9-7-17)14-16-4-10-19(11-5-16)26-27(3,24)25/h4-11,15H,12-14H2,1-3H3. The zero-order chi connectivity index (χ0) is 20.0. The summed E-state index contributed by atoms with van der Waals surface area (Å²) in [5.74, 6) is 0.713. The lowest BCUT2D eigenvalue weighted by molar-refractivity contribution is 0.0735. The van der Waals surface area contributed by atoms with Gasteiger partial charge in [0, 0.05) is 23.1 Å². The first kappa shape index (κ1) is 21.4. The van der Waals surface area contributed by atoms with Crippen molar-refractivity contribution in [3.63, 3.8) is 0 Å². The molecule has 0 spiro atoms. The molecule has 7 heteroatoms. The summed E-state index contributed by atoms with van der Waals surface area (Å²) in [6, 6.07) is 14.1. The summed E-state index contributed by atoms with van der Waals surface area (Å²) < 4.78 is 28.2. The number of carbonyl (C=O) groups excluding carboxylic acids is 1. The molecule has 0 aromatic heterocycles. The summed E-state index contributed by atoms with van der Waals surface area (Å²) in [4.78, 5) is 14.7. The van der Waals surface area contributed by atoms with Gasteiger partial charge in [-0.2, -0.15) is 8.42 Å². The summed E-state index contributed by atoms with van der Waals surface area (Å²) in [6.07, 6.45) is 1.91. The highest BCUT2D eigenvalue weighted by atomic mass is 79.9. The van der Waals surface area contributed by atoms with E-state index in [-0.39, 0.29) is 11.7 Å². The second-order valence-corrected chi connectivity index (χ2v) is 9.34. The van der Waals surface area contributed by atoms with Crippen LogP contribution in [0, 0.1) is 5.92 Å². The Balaban J connectivity index is 2.16. The highest BCUT2D eigenvalue weighted by Gasteiger charge is 2.17. The monoisotopic (exact) mass is 453 g/mol. The molecule has 27 heavy (non-hydrogen) atoms. The third-order valence-electron chi connectivity index (χ3n) is 3.90. The van der Waals surface area contributed by atoms with Gasteiger partial charge >= 0.3 is 10.1 Å². The van der Waals surface area contributed by atoms with E-state index in [1.807, 2.05) is 17.0 Å². The van der Waals surface area contributed by atoms with Crippen molar-refractivity contribution in [3.05, 3.63) is 64.1 Å². The first-order valence-corrected chi connectivity index (χ1v) is 11.3. The molecule has 0 saturated carbocycles. The second-order valence-electron chi connectivity index (χ2n) is 6.85. The van der Waals surface area contributed by atoms with Crippen molar-refractivity contribution < 1.29 is 17.4 Å². The van der Waals surface area contributed by atoms with Gasteiger partial charge in [-0.3, -0.25) is 4.79 Å². The first-order chi connectivity index (χ1) is 12.6. The molecule has 0 aliphatic rings. The number of hydrogen-bond acceptors (Lipinski definition) is 4. The first-order valence-electron chi connectivity index (χ1n) is 8.67. The SMILES string of the molecule is CC(C)CCN(Cc1ccc(OS(C)(=O)=O)cc1)C(=O)c1ccc(Br)cc1. The van der Waals surface area contributed by atoms with E-state index >= 15 is 0 Å². The van der Waals surface area contributed by atoms with Crippen LogP contribution in [0.5, 0.6) is 5.75 Å². The van der Waals surface area contributed by atoms with Crippen molar-refractivity contribution in [3.8, 4) is 5.75 Å². The van der Waals surface area contributed by atoms with E-state index in [2.05, 4.69) is 29.8 Å². The molecule has 0 unspecified atom stereocenters. The third kappa shape index (κ3) is 7.34. The quantitative estimate of drug-likeness (QED) is 0.552. The lowest BCUT2D eigenvalue weighted by Gasteiger charge is -2.24. The Hall–Kier alpha value is -1.86. The second kappa shape index (κ2) is 9.37. The van der Waals surface area contributed by atoms with Crippen LogP contribution in [0.4, 0.5) is 0 Å². The summed E-state index contributed by atoms with van der Waals surface area (Å²) in [5.41, 5.74) is 1.55. The van der Waals surface area contributed by atoms with Crippen LogP contribution in [0.15, 0.2) is 53.0 Å². The molecule has 0 aliphatic carbocycles. The largest absolute Gasteiger partial charge is 0.383 e. The molecular weight excluding hydrogens is 430 g/mol. The highest BCUT2D eigenvalue weighted by molar-refractivity contribution is 9.10. The predicted molar refractivity (Wildman–Crippen MR) is 110 cm³/mol. The Morgan fingerprint density at radius 3 is 2.19 bits per heavy atom. The Labute approximate surface area is 169 Å². The maximum Gasteiger partial charge on any atom is 0.306 e. The fourth-order valence-electron chi connectivity index (χ4n) is 2.49. The number of halogens is 1. The van der Waals surface area contributed by atoms with Crippen LogP contribution in [0.3, 0.4) is 0 Å². The average molecular weight is 454 g/mol. The van der Waals surface area contributed by atoms with Gasteiger partial charge in [0.1, 0.15) is 5.75 Å². The van der Waals surface area contributed by atoms with Crippen molar-refractivity contribution in [2.75, 3.05) is 12.8 Å². The zero-order valence-corrected chi connectivity index (χ0v) is 18.1. The molecule has 146 valence electrons. The maximum atomic E-state index is 12.9. The van der Waals surface area contributed by atoms with Crippen molar-refractivity contribution in [2.45, 2.75) is 26.8 Å². The van der Waals surface area contributed by atoms with Crippen molar-refractivity contribution in [1.82, 2.24) is 4.90 Å². The van der Waals surface area contributed by atoms with Crippen molar-refractivity contribution >= 4 is 32.0 Å². The minimum atomic E-state index is -3.55. The van der Waals surface area contributed by atoms with Gasteiger partial charge in [-0.1, -0.05) is 41.9 Å². The number of benzene rings is 2. The average Bonchev–Trinajstić information content (AvgIpc) is 2.58. The molecule has 0 fully saturated rings. The van der Waals surface area contributed by atoms with E-state index in [9.17, 15) is 13.2 Å². The Kier molecular flexibility index (Phi) is 7.44. The number of carbonyl (C=O) groups is 1. The molecule has 5 nitrogen and oxygen atoms in total. The van der Waals surface area contributed by atoms with Crippen LogP contribution >= 0.6 is 15.9 Å². The van der Waals surface area contributed by atoms with E-state index in [0.29, 0.717) is 24.6 Å².